The lowest BCUT2D eigenvalue weighted by Gasteiger charge is -2.17. The topological polar surface area (TPSA) is 12.4 Å². The molecule has 1 aliphatic rings. The van der Waals surface area contributed by atoms with Gasteiger partial charge < -0.3 is 0 Å². The van der Waals surface area contributed by atoms with Crippen LogP contribution in [0.2, 0.25) is 0 Å². The molecule has 1 fully saturated rings. The van der Waals surface area contributed by atoms with Crippen molar-refractivity contribution in [2.45, 2.75) is 38.1 Å². The smallest absolute Gasteiger partial charge is 0.118 e. The van der Waals surface area contributed by atoms with E-state index >= 15 is 0 Å². The van der Waals surface area contributed by atoms with Crippen LogP contribution >= 0.6 is 11.3 Å². The molecule has 0 saturated heterocycles. The third-order valence-electron chi connectivity index (χ3n) is 4.70. The van der Waals surface area contributed by atoms with Crippen LogP contribution in [-0.4, -0.2) is 6.04 Å². The van der Waals surface area contributed by atoms with Gasteiger partial charge in [-0.2, -0.15) is 0 Å². The third kappa shape index (κ3) is 3.09. The second-order valence-electron chi connectivity index (χ2n) is 6.29. The van der Waals surface area contributed by atoms with Crippen LogP contribution in [0.5, 0.6) is 0 Å². The molecule has 2 aromatic carbocycles. The Balaban J connectivity index is 1.87. The van der Waals surface area contributed by atoms with E-state index in [0.29, 0.717) is 6.04 Å². The average molecular weight is 319 g/mol. The minimum absolute atomic E-state index is 0.519. The maximum atomic E-state index is 5.10. The van der Waals surface area contributed by atoms with Gasteiger partial charge in [-0.1, -0.05) is 73.9 Å². The summed E-state index contributed by atoms with van der Waals surface area (Å²) in [6.07, 6.45) is 6.55. The summed E-state index contributed by atoms with van der Waals surface area (Å²) in [5, 5.41) is 4.88. The molecule has 0 unspecified atom stereocenters. The summed E-state index contributed by atoms with van der Waals surface area (Å²) in [4.78, 5) is 5.10. The summed E-state index contributed by atoms with van der Waals surface area (Å²) in [7, 11) is 0. The van der Waals surface area contributed by atoms with Crippen LogP contribution in [0.1, 0.15) is 32.1 Å². The Hall–Kier alpha value is -1.93. The van der Waals surface area contributed by atoms with Gasteiger partial charge in [-0.05, 0) is 29.4 Å². The van der Waals surface area contributed by atoms with Crippen LogP contribution in [0, 0.1) is 0 Å². The number of rotatable bonds is 2. The monoisotopic (exact) mass is 319 g/mol. The maximum Gasteiger partial charge on any atom is 0.118 e. The van der Waals surface area contributed by atoms with Crippen molar-refractivity contribution in [3.8, 4) is 11.1 Å². The Morgan fingerprint density at radius 3 is 2.26 bits per heavy atom. The molecule has 0 spiro atoms. The lowest BCUT2D eigenvalue weighted by atomic mass is 9.96. The number of nitrogens with zero attached hydrogens (tertiary/aromatic N) is 1. The van der Waals surface area contributed by atoms with Crippen molar-refractivity contribution in [1.29, 1.82) is 0 Å². The van der Waals surface area contributed by atoms with E-state index in [1.807, 2.05) is 0 Å². The molecule has 1 aromatic heterocycles. The van der Waals surface area contributed by atoms with Crippen LogP contribution < -0.4 is 4.67 Å². The molecule has 1 nitrogen and oxygen atoms in total. The highest BCUT2D eigenvalue weighted by molar-refractivity contribution is 7.08. The van der Waals surface area contributed by atoms with Crippen molar-refractivity contribution in [2.75, 3.05) is 0 Å². The van der Waals surface area contributed by atoms with Crippen molar-refractivity contribution in [3.63, 3.8) is 0 Å². The van der Waals surface area contributed by atoms with E-state index < -0.39 is 0 Å². The second kappa shape index (κ2) is 6.67. The molecule has 1 heterocycles. The average Bonchev–Trinajstić information content (AvgIpc) is 2.64. The zero-order valence-electron chi connectivity index (χ0n) is 13.2. The largest absolute Gasteiger partial charge is 0.271 e. The summed E-state index contributed by atoms with van der Waals surface area (Å²) in [6.45, 7) is 0. The van der Waals surface area contributed by atoms with E-state index in [0.717, 1.165) is 0 Å². The van der Waals surface area contributed by atoms with Gasteiger partial charge in [0.1, 0.15) is 4.67 Å². The zero-order chi connectivity index (χ0) is 15.5. The molecule has 1 saturated carbocycles. The standard InChI is InChI=1S/C21H21NS/c1-3-9-16(10-4-1)20-15-23-21(19-14-8-7-13-18(19)20)22-17-11-5-2-6-12-17/h1,3-4,7-10,13-15,17H,2,5-6,11-12H2. The molecule has 3 aromatic rings. The van der Waals surface area contributed by atoms with Gasteiger partial charge in [0, 0.05) is 10.8 Å². The van der Waals surface area contributed by atoms with Crippen molar-refractivity contribution in [1.82, 2.24) is 0 Å². The van der Waals surface area contributed by atoms with Gasteiger partial charge in [-0.25, -0.2) is 0 Å². The first kappa shape index (κ1) is 14.6. The van der Waals surface area contributed by atoms with Gasteiger partial charge in [0.25, 0.3) is 0 Å². The Morgan fingerprint density at radius 1 is 0.783 bits per heavy atom. The molecule has 116 valence electrons. The first-order valence-electron chi connectivity index (χ1n) is 8.51. The van der Waals surface area contributed by atoms with Gasteiger partial charge in [0.2, 0.25) is 0 Å². The fourth-order valence-corrected chi connectivity index (χ4v) is 4.47. The Kier molecular flexibility index (Phi) is 4.25. The molecule has 0 amide bonds. The van der Waals surface area contributed by atoms with Crippen molar-refractivity contribution < 1.29 is 0 Å². The SMILES string of the molecule is c1ccc(-c2csc(=NC3CCCCC3)c3ccccc23)cc1. The van der Waals surface area contributed by atoms with Gasteiger partial charge in [0.15, 0.2) is 0 Å². The first-order valence-corrected chi connectivity index (χ1v) is 9.39. The van der Waals surface area contributed by atoms with Crippen molar-refractivity contribution in [2.24, 2.45) is 4.99 Å². The Morgan fingerprint density at radius 2 is 1.48 bits per heavy atom. The van der Waals surface area contributed by atoms with Crippen molar-refractivity contribution in [3.05, 3.63) is 64.6 Å². The molecule has 0 atom stereocenters. The summed E-state index contributed by atoms with van der Waals surface area (Å²) in [5.74, 6) is 0. The summed E-state index contributed by atoms with van der Waals surface area (Å²) in [5.41, 5.74) is 2.60. The fourth-order valence-electron chi connectivity index (χ4n) is 3.46. The summed E-state index contributed by atoms with van der Waals surface area (Å²) < 4.78 is 1.20. The van der Waals surface area contributed by atoms with E-state index in [1.165, 1.54) is 58.7 Å². The predicted molar refractivity (Wildman–Crippen MR) is 99.7 cm³/mol. The van der Waals surface area contributed by atoms with Gasteiger partial charge in [0.05, 0.1) is 6.04 Å². The minimum atomic E-state index is 0.519. The van der Waals surface area contributed by atoms with Crippen LogP contribution in [-0.2, 0) is 0 Å². The van der Waals surface area contributed by atoms with Gasteiger partial charge in [-0.3, -0.25) is 4.99 Å². The summed E-state index contributed by atoms with van der Waals surface area (Å²) in [6, 6.07) is 19.9. The lowest BCUT2D eigenvalue weighted by molar-refractivity contribution is 0.438. The lowest BCUT2D eigenvalue weighted by Crippen LogP contribution is -2.14. The molecule has 1 aliphatic carbocycles. The predicted octanol–water partition coefficient (Wildman–Crippen LogP) is 5.80. The fraction of sp³-hybridized carbons (Fsp3) is 0.286. The zero-order valence-corrected chi connectivity index (χ0v) is 14.1. The number of fused-ring (bicyclic) bond motifs is 1. The van der Waals surface area contributed by atoms with Crippen LogP contribution in [0.25, 0.3) is 21.9 Å². The molecular formula is C21H21NS. The highest BCUT2D eigenvalue weighted by Gasteiger charge is 2.12. The van der Waals surface area contributed by atoms with E-state index in [2.05, 4.69) is 60.0 Å². The molecule has 4 rings (SSSR count). The highest BCUT2D eigenvalue weighted by Crippen LogP contribution is 2.28. The number of hydrogen-bond acceptors (Lipinski definition) is 2. The quantitative estimate of drug-likeness (QED) is 0.566. The molecule has 23 heavy (non-hydrogen) atoms. The van der Waals surface area contributed by atoms with E-state index in [9.17, 15) is 0 Å². The Labute approximate surface area is 141 Å². The van der Waals surface area contributed by atoms with E-state index in [1.54, 1.807) is 11.3 Å². The van der Waals surface area contributed by atoms with Crippen LogP contribution in [0.4, 0.5) is 0 Å². The number of hydrogen-bond donors (Lipinski definition) is 0. The highest BCUT2D eigenvalue weighted by atomic mass is 32.1. The normalized spacial score (nSPS) is 16.8. The van der Waals surface area contributed by atoms with E-state index in [4.69, 9.17) is 4.99 Å². The van der Waals surface area contributed by atoms with Crippen LogP contribution in [0.15, 0.2) is 65.0 Å². The molecule has 0 bridgehead atoms. The van der Waals surface area contributed by atoms with Gasteiger partial charge in [-0.15, -0.1) is 11.3 Å². The molecule has 2 heteroatoms. The van der Waals surface area contributed by atoms with Gasteiger partial charge >= 0.3 is 0 Å². The van der Waals surface area contributed by atoms with Crippen molar-refractivity contribution >= 4 is 22.1 Å². The molecule has 0 radical (unpaired) electrons. The minimum Gasteiger partial charge on any atom is -0.271 e. The summed E-state index contributed by atoms with van der Waals surface area (Å²) >= 11 is 1.79. The van der Waals surface area contributed by atoms with Crippen LogP contribution in [0.3, 0.4) is 0 Å². The third-order valence-corrected chi connectivity index (χ3v) is 5.60. The molecular weight excluding hydrogens is 298 g/mol. The molecule has 0 aliphatic heterocycles. The maximum absolute atomic E-state index is 5.10. The first-order chi connectivity index (χ1) is 11.4. The molecule has 0 N–H and O–H groups in total. The second-order valence-corrected chi connectivity index (χ2v) is 7.15. The number of benzene rings is 2. The van der Waals surface area contributed by atoms with E-state index in [-0.39, 0.29) is 0 Å². The Bertz CT molecular complexity index is 858.